The largest absolute Gasteiger partial charge is 0.396 e. The van der Waals surface area contributed by atoms with Crippen molar-refractivity contribution in [3.63, 3.8) is 0 Å². The first-order valence-corrected chi connectivity index (χ1v) is 7.43. The highest BCUT2D eigenvalue weighted by molar-refractivity contribution is 7.89. The molecule has 0 aliphatic heterocycles. The zero-order valence-electron chi connectivity index (χ0n) is 9.54. The highest BCUT2D eigenvalue weighted by Crippen LogP contribution is 2.40. The fourth-order valence-corrected chi connectivity index (χ4v) is 3.29. The van der Waals surface area contributed by atoms with Crippen molar-refractivity contribution in [2.75, 3.05) is 12.4 Å². The molecule has 1 aromatic rings. The minimum Gasteiger partial charge on any atom is -0.396 e. The molecule has 17 heavy (non-hydrogen) atoms. The maximum atomic E-state index is 11.6. The smallest absolute Gasteiger partial charge is 0.211 e. The number of benzene rings is 1. The van der Waals surface area contributed by atoms with Crippen molar-refractivity contribution in [1.29, 1.82) is 0 Å². The molecule has 0 radical (unpaired) electrons. The standard InChI is InChI=1S/C12H17NO3S/c14-7-4-8-17(15,16)13-12-9-11(12)10-5-2-1-3-6-10/h1-3,5-6,11-14H,4,7-9H2. The van der Waals surface area contributed by atoms with E-state index in [4.69, 9.17) is 5.11 Å². The van der Waals surface area contributed by atoms with Crippen LogP contribution in [0.4, 0.5) is 0 Å². The first kappa shape index (κ1) is 12.5. The van der Waals surface area contributed by atoms with Crippen LogP contribution in [0.2, 0.25) is 0 Å². The second kappa shape index (κ2) is 5.16. The number of aliphatic hydroxyl groups excluding tert-OH is 1. The van der Waals surface area contributed by atoms with Gasteiger partial charge >= 0.3 is 0 Å². The first-order chi connectivity index (χ1) is 8.12. The molecule has 0 bridgehead atoms. The Bertz CT molecular complexity index is 458. The van der Waals surface area contributed by atoms with Crippen LogP contribution in [-0.4, -0.2) is 31.9 Å². The maximum absolute atomic E-state index is 11.6. The zero-order valence-corrected chi connectivity index (χ0v) is 10.4. The molecule has 1 saturated carbocycles. The minimum absolute atomic E-state index is 0.00150. The van der Waals surface area contributed by atoms with E-state index in [0.717, 1.165) is 6.42 Å². The van der Waals surface area contributed by atoms with Crippen molar-refractivity contribution in [2.45, 2.75) is 24.8 Å². The predicted octanol–water partition coefficient (Wildman–Crippen LogP) is 0.844. The average Bonchev–Trinajstić information content (AvgIpc) is 3.06. The van der Waals surface area contributed by atoms with Crippen LogP contribution in [0, 0.1) is 0 Å². The van der Waals surface area contributed by atoms with Gasteiger partial charge in [-0.15, -0.1) is 0 Å². The van der Waals surface area contributed by atoms with Crippen LogP contribution in [0.3, 0.4) is 0 Å². The molecule has 0 aromatic heterocycles. The van der Waals surface area contributed by atoms with E-state index >= 15 is 0 Å². The topological polar surface area (TPSA) is 66.4 Å². The molecule has 1 fully saturated rings. The third-order valence-corrected chi connectivity index (χ3v) is 4.41. The summed E-state index contributed by atoms with van der Waals surface area (Å²) in [6.07, 6.45) is 1.15. The average molecular weight is 255 g/mol. The number of nitrogens with one attached hydrogen (secondary N) is 1. The Balaban J connectivity index is 1.88. The molecule has 2 unspecified atom stereocenters. The van der Waals surface area contributed by atoms with E-state index in [9.17, 15) is 8.42 Å². The number of sulfonamides is 1. The van der Waals surface area contributed by atoms with Crippen molar-refractivity contribution in [1.82, 2.24) is 4.72 Å². The van der Waals surface area contributed by atoms with Gasteiger partial charge in [0.25, 0.3) is 0 Å². The van der Waals surface area contributed by atoms with Gasteiger partial charge in [0, 0.05) is 18.6 Å². The van der Waals surface area contributed by atoms with Gasteiger partial charge in [0.05, 0.1) is 5.75 Å². The van der Waals surface area contributed by atoms with Gasteiger partial charge in [-0.3, -0.25) is 0 Å². The predicted molar refractivity (Wildman–Crippen MR) is 66.2 cm³/mol. The van der Waals surface area contributed by atoms with Crippen LogP contribution in [0.5, 0.6) is 0 Å². The molecule has 94 valence electrons. The molecular formula is C12H17NO3S. The van der Waals surface area contributed by atoms with Crippen molar-refractivity contribution < 1.29 is 13.5 Å². The van der Waals surface area contributed by atoms with E-state index in [0.29, 0.717) is 5.92 Å². The van der Waals surface area contributed by atoms with E-state index in [1.807, 2.05) is 30.3 Å². The molecule has 2 N–H and O–H groups in total. The van der Waals surface area contributed by atoms with Crippen molar-refractivity contribution in [3.05, 3.63) is 35.9 Å². The minimum atomic E-state index is -3.23. The Morgan fingerprint density at radius 2 is 2.00 bits per heavy atom. The van der Waals surface area contributed by atoms with Gasteiger partial charge in [0.2, 0.25) is 10.0 Å². The van der Waals surface area contributed by atoms with E-state index < -0.39 is 10.0 Å². The molecular weight excluding hydrogens is 238 g/mol. The zero-order chi connectivity index (χ0) is 12.3. The Labute approximate surface area is 102 Å². The quantitative estimate of drug-likeness (QED) is 0.791. The molecule has 0 spiro atoms. The lowest BCUT2D eigenvalue weighted by atomic mass is 10.1. The monoisotopic (exact) mass is 255 g/mol. The third-order valence-electron chi connectivity index (χ3n) is 2.92. The summed E-state index contributed by atoms with van der Waals surface area (Å²) in [5.41, 5.74) is 1.18. The van der Waals surface area contributed by atoms with Gasteiger partial charge in [-0.25, -0.2) is 13.1 Å². The Morgan fingerprint density at radius 3 is 2.65 bits per heavy atom. The summed E-state index contributed by atoms with van der Waals surface area (Å²) in [4.78, 5) is 0. The molecule has 0 amide bonds. The van der Waals surface area contributed by atoms with Crippen LogP contribution in [0.1, 0.15) is 24.3 Å². The highest BCUT2D eigenvalue weighted by Gasteiger charge is 2.40. The van der Waals surface area contributed by atoms with Crippen LogP contribution < -0.4 is 4.72 Å². The number of hydrogen-bond acceptors (Lipinski definition) is 3. The summed E-state index contributed by atoms with van der Waals surface area (Å²) in [6, 6.07) is 9.95. The molecule has 2 rings (SSSR count). The van der Waals surface area contributed by atoms with Gasteiger partial charge in [0.1, 0.15) is 0 Å². The molecule has 1 aromatic carbocycles. The van der Waals surface area contributed by atoms with Crippen molar-refractivity contribution in [3.8, 4) is 0 Å². The second-order valence-corrected chi connectivity index (χ2v) is 6.25. The van der Waals surface area contributed by atoms with Gasteiger partial charge in [0.15, 0.2) is 0 Å². The van der Waals surface area contributed by atoms with Crippen molar-refractivity contribution in [2.24, 2.45) is 0 Å². The van der Waals surface area contributed by atoms with E-state index in [1.165, 1.54) is 5.56 Å². The number of rotatable bonds is 6. The third kappa shape index (κ3) is 3.52. The first-order valence-electron chi connectivity index (χ1n) is 5.78. The van der Waals surface area contributed by atoms with Gasteiger partial charge in [-0.2, -0.15) is 0 Å². The van der Waals surface area contributed by atoms with Crippen molar-refractivity contribution >= 4 is 10.0 Å². The van der Waals surface area contributed by atoms with Gasteiger partial charge in [-0.05, 0) is 18.4 Å². The van der Waals surface area contributed by atoms with Gasteiger partial charge < -0.3 is 5.11 Å². The van der Waals surface area contributed by atoms with E-state index in [-0.39, 0.29) is 24.8 Å². The summed E-state index contributed by atoms with van der Waals surface area (Å²) in [6.45, 7) is -0.0896. The number of aliphatic hydroxyl groups is 1. The summed E-state index contributed by atoms with van der Waals surface area (Å²) >= 11 is 0. The lowest BCUT2D eigenvalue weighted by Crippen LogP contribution is -2.29. The van der Waals surface area contributed by atoms with E-state index in [1.54, 1.807) is 0 Å². The maximum Gasteiger partial charge on any atom is 0.211 e. The summed E-state index contributed by atoms with van der Waals surface area (Å²) in [5, 5.41) is 8.62. The fraction of sp³-hybridized carbons (Fsp3) is 0.500. The summed E-state index contributed by atoms with van der Waals surface area (Å²) in [5.74, 6) is 0.307. The molecule has 5 heteroatoms. The molecule has 0 heterocycles. The lowest BCUT2D eigenvalue weighted by molar-refractivity contribution is 0.295. The molecule has 1 aliphatic rings. The highest BCUT2D eigenvalue weighted by atomic mass is 32.2. The Hall–Kier alpha value is -0.910. The summed E-state index contributed by atoms with van der Waals surface area (Å²) < 4.78 is 25.9. The van der Waals surface area contributed by atoms with E-state index in [2.05, 4.69) is 4.72 Å². The Kier molecular flexibility index (Phi) is 3.81. The van der Waals surface area contributed by atoms with Gasteiger partial charge in [-0.1, -0.05) is 30.3 Å². The number of hydrogen-bond donors (Lipinski definition) is 2. The van der Waals surface area contributed by atoms with Crippen LogP contribution in [0.25, 0.3) is 0 Å². The van der Waals surface area contributed by atoms with Crippen LogP contribution in [-0.2, 0) is 10.0 Å². The fourth-order valence-electron chi connectivity index (χ4n) is 1.94. The Morgan fingerprint density at radius 1 is 1.29 bits per heavy atom. The SMILES string of the molecule is O=S(=O)(CCCO)NC1CC1c1ccccc1. The van der Waals surface area contributed by atoms with Crippen LogP contribution >= 0.6 is 0 Å². The summed E-state index contributed by atoms with van der Waals surface area (Å²) in [7, 11) is -3.23. The molecule has 1 aliphatic carbocycles. The lowest BCUT2D eigenvalue weighted by Gasteiger charge is -2.05. The normalized spacial score (nSPS) is 23.6. The molecule has 4 nitrogen and oxygen atoms in total. The molecule has 0 saturated heterocycles. The van der Waals surface area contributed by atoms with Crippen LogP contribution in [0.15, 0.2) is 30.3 Å². The second-order valence-electron chi connectivity index (χ2n) is 4.37. The molecule has 2 atom stereocenters.